The Morgan fingerprint density at radius 2 is 1.57 bits per heavy atom. The van der Waals surface area contributed by atoms with Gasteiger partial charge in [-0.3, -0.25) is 0 Å². The lowest BCUT2D eigenvalue weighted by molar-refractivity contribution is 0.309. The molecule has 3 rings (SSSR count). The van der Waals surface area contributed by atoms with E-state index in [2.05, 4.69) is 91.7 Å². The van der Waals surface area contributed by atoms with Crippen molar-refractivity contribution in [3.63, 3.8) is 0 Å². The first-order valence-electron chi connectivity index (χ1n) is 9.78. The summed E-state index contributed by atoms with van der Waals surface area (Å²) in [5.74, 6) is 1.00. The highest BCUT2D eigenvalue weighted by Crippen LogP contribution is 2.22. The third-order valence-electron chi connectivity index (χ3n) is 4.74. The fourth-order valence-electron chi connectivity index (χ4n) is 3.09. The van der Waals surface area contributed by atoms with E-state index in [0.717, 1.165) is 12.3 Å². The largest absolute Gasteiger partial charge is 0.488 e. The summed E-state index contributed by atoms with van der Waals surface area (Å²) in [6.07, 6.45) is 0. The minimum absolute atomic E-state index is 0.584. The van der Waals surface area contributed by atoms with Crippen LogP contribution in [0.5, 0.6) is 5.75 Å². The molecule has 2 nitrogen and oxygen atoms in total. The Morgan fingerprint density at radius 3 is 2.29 bits per heavy atom. The predicted molar refractivity (Wildman–Crippen MR) is 127 cm³/mol. The van der Waals surface area contributed by atoms with Gasteiger partial charge in [-0.2, -0.15) is 0 Å². The molecule has 0 heterocycles. The van der Waals surface area contributed by atoms with Crippen LogP contribution in [0.15, 0.2) is 72.8 Å². The summed E-state index contributed by atoms with van der Waals surface area (Å²) < 4.78 is 6.27. The Labute approximate surface area is 172 Å². The second-order valence-corrected chi connectivity index (χ2v) is 14.5. The summed E-state index contributed by atoms with van der Waals surface area (Å²) in [7, 11) is 1.20. The molecule has 28 heavy (non-hydrogen) atoms. The maximum absolute atomic E-state index is 6.27. The van der Waals surface area contributed by atoms with E-state index in [1.807, 2.05) is 13.1 Å². The summed E-state index contributed by atoms with van der Waals surface area (Å²) in [6.45, 7) is 8.68. The van der Waals surface area contributed by atoms with Gasteiger partial charge in [-0.05, 0) is 29.5 Å². The van der Waals surface area contributed by atoms with Gasteiger partial charge in [-0.25, -0.2) is 0 Å². The lowest BCUT2D eigenvalue weighted by Crippen LogP contribution is -2.39. The van der Waals surface area contributed by atoms with E-state index in [4.69, 9.17) is 4.74 Å². The highest BCUT2D eigenvalue weighted by atomic mass is 31.1. The summed E-state index contributed by atoms with van der Waals surface area (Å²) in [4.78, 5) is 0. The Kier molecular flexibility index (Phi) is 7.06. The highest BCUT2D eigenvalue weighted by Gasteiger charge is 2.19. The van der Waals surface area contributed by atoms with Crippen LogP contribution < -0.4 is 25.8 Å². The molecule has 0 spiro atoms. The van der Waals surface area contributed by atoms with Crippen LogP contribution in [0, 0.1) is 0 Å². The van der Waals surface area contributed by atoms with Crippen LogP contribution in [0.4, 0.5) is 0 Å². The molecule has 0 saturated heterocycles. The van der Waals surface area contributed by atoms with Crippen molar-refractivity contribution in [3.05, 3.63) is 83.9 Å². The molecule has 3 aromatic carbocycles. The van der Waals surface area contributed by atoms with Crippen LogP contribution in [0.2, 0.25) is 19.6 Å². The number of ether oxygens (including phenoxy) is 1. The fourth-order valence-corrected chi connectivity index (χ4v) is 5.70. The molecule has 0 fully saturated rings. The van der Waals surface area contributed by atoms with E-state index in [0.29, 0.717) is 15.2 Å². The van der Waals surface area contributed by atoms with E-state index in [1.54, 1.807) is 0 Å². The van der Waals surface area contributed by atoms with Gasteiger partial charge in [0, 0.05) is 11.8 Å². The second kappa shape index (κ2) is 9.51. The van der Waals surface area contributed by atoms with Gasteiger partial charge in [0.15, 0.2) is 0 Å². The molecule has 0 aliphatic heterocycles. The van der Waals surface area contributed by atoms with Crippen LogP contribution in [0.1, 0.15) is 11.1 Å². The van der Waals surface area contributed by atoms with Crippen molar-refractivity contribution in [3.8, 4) is 5.75 Å². The van der Waals surface area contributed by atoms with Crippen LogP contribution in [-0.2, 0) is 13.2 Å². The van der Waals surface area contributed by atoms with Crippen molar-refractivity contribution in [2.75, 3.05) is 7.05 Å². The maximum Gasteiger partial charge on any atom is 0.127 e. The molecule has 0 radical (unpaired) electrons. The summed E-state index contributed by atoms with van der Waals surface area (Å²) in [6, 6.07) is 25.9. The molecular formula is C24H30NOPSi. The van der Waals surface area contributed by atoms with Gasteiger partial charge in [0.1, 0.15) is 12.4 Å². The van der Waals surface area contributed by atoms with Crippen molar-refractivity contribution < 1.29 is 4.74 Å². The van der Waals surface area contributed by atoms with Crippen molar-refractivity contribution in [1.82, 2.24) is 5.32 Å². The van der Waals surface area contributed by atoms with E-state index >= 15 is 0 Å². The molecule has 0 saturated carbocycles. The second-order valence-electron chi connectivity index (χ2n) is 8.05. The van der Waals surface area contributed by atoms with Gasteiger partial charge >= 0.3 is 0 Å². The zero-order chi connectivity index (χ0) is 20.0. The van der Waals surface area contributed by atoms with Crippen LogP contribution in [0.3, 0.4) is 0 Å². The van der Waals surface area contributed by atoms with E-state index in [-0.39, 0.29) is 0 Å². The van der Waals surface area contributed by atoms with Gasteiger partial charge in [0.25, 0.3) is 0 Å². The van der Waals surface area contributed by atoms with Gasteiger partial charge in [0.05, 0.1) is 8.07 Å². The minimum atomic E-state index is -1.38. The number of benzene rings is 3. The van der Waals surface area contributed by atoms with Crippen molar-refractivity contribution in [1.29, 1.82) is 0 Å². The van der Waals surface area contributed by atoms with Crippen molar-refractivity contribution >= 4 is 32.5 Å². The zero-order valence-electron chi connectivity index (χ0n) is 17.3. The molecule has 0 aliphatic carbocycles. The Bertz CT molecular complexity index is 906. The average Bonchev–Trinajstić information content (AvgIpc) is 2.69. The monoisotopic (exact) mass is 407 g/mol. The Hall–Kier alpha value is -1.93. The lowest BCUT2D eigenvalue weighted by Gasteiger charge is -2.20. The molecule has 0 aromatic heterocycles. The van der Waals surface area contributed by atoms with Crippen LogP contribution in [0.25, 0.3) is 0 Å². The fraction of sp³-hybridized carbons (Fsp3) is 0.250. The van der Waals surface area contributed by atoms with E-state index in [1.165, 1.54) is 26.9 Å². The average molecular weight is 408 g/mol. The molecule has 1 N–H and O–H groups in total. The minimum Gasteiger partial charge on any atom is -0.488 e. The van der Waals surface area contributed by atoms with Crippen LogP contribution in [-0.4, -0.2) is 15.1 Å². The molecule has 4 heteroatoms. The maximum atomic E-state index is 6.27. The normalized spacial score (nSPS) is 11.9. The topological polar surface area (TPSA) is 21.3 Å². The van der Waals surface area contributed by atoms with Gasteiger partial charge in [-0.15, -0.1) is 0 Å². The van der Waals surface area contributed by atoms with Crippen molar-refractivity contribution in [2.24, 2.45) is 0 Å². The SMILES string of the molecule is CNCc1ccccc1Pc1cc([Si](C)(C)C)ccc1OCc1ccccc1. The smallest absolute Gasteiger partial charge is 0.127 e. The molecule has 146 valence electrons. The number of nitrogens with one attached hydrogen (secondary N) is 1. The summed E-state index contributed by atoms with van der Waals surface area (Å²) in [5, 5.41) is 7.46. The first kappa shape index (κ1) is 20.8. The first-order valence-corrected chi connectivity index (χ1v) is 14.3. The van der Waals surface area contributed by atoms with Gasteiger partial charge in [-0.1, -0.05) is 100 Å². The summed E-state index contributed by atoms with van der Waals surface area (Å²) in [5.41, 5.74) is 2.55. The van der Waals surface area contributed by atoms with Gasteiger partial charge < -0.3 is 10.1 Å². The first-order chi connectivity index (χ1) is 13.5. The van der Waals surface area contributed by atoms with E-state index in [9.17, 15) is 0 Å². The van der Waals surface area contributed by atoms with E-state index < -0.39 is 8.07 Å². The molecule has 1 atom stereocenters. The Balaban J connectivity index is 1.92. The molecule has 0 aliphatic rings. The number of hydrogen-bond donors (Lipinski definition) is 1. The molecular weight excluding hydrogens is 377 g/mol. The summed E-state index contributed by atoms with van der Waals surface area (Å²) >= 11 is 0. The Morgan fingerprint density at radius 1 is 0.857 bits per heavy atom. The quantitative estimate of drug-likeness (QED) is 0.447. The molecule has 0 bridgehead atoms. The van der Waals surface area contributed by atoms with Crippen LogP contribution >= 0.6 is 8.58 Å². The molecule has 1 unspecified atom stereocenters. The van der Waals surface area contributed by atoms with Crippen molar-refractivity contribution in [2.45, 2.75) is 32.8 Å². The third kappa shape index (κ3) is 5.54. The molecule has 0 amide bonds. The standard InChI is InChI=1S/C24H30NOPSi/c1-25-17-20-12-8-9-13-23(20)27-24-16-21(28(2,3)4)14-15-22(24)26-18-19-10-6-5-7-11-19/h5-16,25,27H,17-18H2,1-4H3. The third-order valence-corrected chi connectivity index (χ3v) is 8.20. The van der Waals surface area contributed by atoms with Gasteiger partial charge in [0.2, 0.25) is 0 Å². The molecule has 3 aromatic rings. The number of hydrogen-bond acceptors (Lipinski definition) is 2. The predicted octanol–water partition coefficient (Wildman–Crippen LogP) is 4.16. The number of rotatable bonds is 8. The highest BCUT2D eigenvalue weighted by molar-refractivity contribution is 7.56. The zero-order valence-corrected chi connectivity index (χ0v) is 19.3. The lowest BCUT2D eigenvalue weighted by atomic mass is 10.2.